The lowest BCUT2D eigenvalue weighted by molar-refractivity contribution is -0.117. The fraction of sp³-hybridized carbons (Fsp3) is 0.304. The highest BCUT2D eigenvalue weighted by Crippen LogP contribution is 2.37. The number of phosphoric ester groups is 1. The van der Waals surface area contributed by atoms with Gasteiger partial charge in [0.1, 0.15) is 17.4 Å². The average Bonchev–Trinajstić information content (AvgIpc) is 2.81. The lowest BCUT2D eigenvalue weighted by Gasteiger charge is -2.22. The van der Waals surface area contributed by atoms with Gasteiger partial charge in [-0.15, -0.1) is 0 Å². The molecule has 2 rings (SSSR count). The van der Waals surface area contributed by atoms with Gasteiger partial charge in [-0.25, -0.2) is 14.5 Å². The van der Waals surface area contributed by atoms with Gasteiger partial charge in [0, 0.05) is 28.8 Å². The second kappa shape index (κ2) is 13.9. The van der Waals surface area contributed by atoms with Gasteiger partial charge < -0.3 is 25.2 Å². The second-order valence-corrected chi connectivity index (χ2v) is 9.74. The normalized spacial score (nSPS) is 12.4. The van der Waals surface area contributed by atoms with E-state index >= 15 is 0 Å². The van der Waals surface area contributed by atoms with Gasteiger partial charge in [0.2, 0.25) is 11.5 Å². The summed E-state index contributed by atoms with van der Waals surface area (Å²) >= 11 is 0.828. The molecule has 1 aromatic carbocycles. The van der Waals surface area contributed by atoms with E-state index in [4.69, 9.17) is 20.3 Å². The fourth-order valence-electron chi connectivity index (χ4n) is 2.94. The summed E-state index contributed by atoms with van der Waals surface area (Å²) in [5.41, 5.74) is 7.62. The van der Waals surface area contributed by atoms with Crippen LogP contribution in [0.1, 0.15) is 37.2 Å². The van der Waals surface area contributed by atoms with Crippen molar-refractivity contribution in [3.63, 3.8) is 0 Å². The molecule has 0 fully saturated rings. The van der Waals surface area contributed by atoms with Crippen LogP contribution >= 0.6 is 19.6 Å². The number of thioether (sulfide) groups is 1. The number of amides is 1. The Bertz CT molecular complexity index is 1170. The fourth-order valence-corrected chi connectivity index (χ4v) is 4.10. The maximum atomic E-state index is 12.7. The van der Waals surface area contributed by atoms with Crippen LogP contribution in [0.3, 0.4) is 0 Å². The van der Waals surface area contributed by atoms with Gasteiger partial charge in [0.05, 0.1) is 19.8 Å². The minimum Gasteiger partial charge on any atom is -0.494 e. The van der Waals surface area contributed by atoms with Crippen molar-refractivity contribution in [2.75, 3.05) is 18.9 Å². The summed E-state index contributed by atoms with van der Waals surface area (Å²) in [5.74, 6) is 1.42. The summed E-state index contributed by atoms with van der Waals surface area (Å²) in [7, 11) is -4.70. The molecule has 1 heterocycles. The van der Waals surface area contributed by atoms with Crippen LogP contribution in [0.15, 0.2) is 47.1 Å². The Labute approximate surface area is 213 Å². The molecule has 0 spiro atoms. The Hall–Kier alpha value is -3.02. The van der Waals surface area contributed by atoms with Crippen molar-refractivity contribution in [1.29, 1.82) is 0 Å². The van der Waals surface area contributed by atoms with Gasteiger partial charge in [-0.3, -0.25) is 14.1 Å². The molecule has 13 heteroatoms. The molecule has 1 amide bonds. The van der Waals surface area contributed by atoms with E-state index in [1.807, 2.05) is 6.92 Å². The summed E-state index contributed by atoms with van der Waals surface area (Å²) in [6.07, 6.45) is 5.06. The van der Waals surface area contributed by atoms with Crippen LogP contribution in [0.2, 0.25) is 0 Å². The van der Waals surface area contributed by atoms with Crippen LogP contribution in [0.4, 0.5) is 5.82 Å². The number of benzene rings is 1. The number of aromatic nitrogens is 2. The molecule has 0 radical (unpaired) electrons. The van der Waals surface area contributed by atoms with Crippen LogP contribution in [-0.4, -0.2) is 49.4 Å². The van der Waals surface area contributed by atoms with Crippen molar-refractivity contribution < 1.29 is 33.2 Å². The molecule has 36 heavy (non-hydrogen) atoms. The number of hydrogen-bond acceptors (Lipinski definition) is 9. The number of anilines is 1. The molecule has 0 unspecified atom stereocenters. The van der Waals surface area contributed by atoms with Gasteiger partial charge in [-0.05, 0) is 56.3 Å². The number of nitrogens with two attached hydrogens (primary N) is 1. The maximum Gasteiger partial charge on any atom is 0.469 e. The summed E-state index contributed by atoms with van der Waals surface area (Å²) < 4.78 is 21.0. The number of nitrogen functional groups attached to an aromatic ring is 1. The SMILES string of the molecule is CCOc1ccc(/C=C/C(=O)S/C(CCOP(=O)(O)O)=C(/C)N(C=O)Cc2cnc(C)nc2N)cc1. The molecule has 0 bridgehead atoms. The molecule has 1 aromatic heterocycles. The molecule has 0 saturated heterocycles. The Morgan fingerprint density at radius 3 is 2.56 bits per heavy atom. The first-order chi connectivity index (χ1) is 17.0. The first-order valence-corrected chi connectivity index (χ1v) is 13.2. The van der Waals surface area contributed by atoms with Gasteiger partial charge in [-0.1, -0.05) is 18.2 Å². The van der Waals surface area contributed by atoms with Gasteiger partial charge >= 0.3 is 7.82 Å². The molecule has 0 saturated carbocycles. The van der Waals surface area contributed by atoms with E-state index < -0.39 is 7.82 Å². The zero-order valence-electron chi connectivity index (χ0n) is 20.2. The van der Waals surface area contributed by atoms with E-state index in [0.717, 1.165) is 23.1 Å². The number of hydrogen-bond donors (Lipinski definition) is 3. The Kier molecular flexibility index (Phi) is 11.3. The molecule has 2 aromatic rings. The largest absolute Gasteiger partial charge is 0.494 e. The summed E-state index contributed by atoms with van der Waals surface area (Å²) in [5, 5.41) is -0.349. The average molecular weight is 537 g/mol. The van der Waals surface area contributed by atoms with Gasteiger partial charge in [0.25, 0.3) is 0 Å². The number of allylic oxidation sites excluding steroid dienone is 1. The van der Waals surface area contributed by atoms with Crippen LogP contribution in [0, 0.1) is 6.92 Å². The van der Waals surface area contributed by atoms with E-state index in [9.17, 15) is 14.2 Å². The smallest absolute Gasteiger partial charge is 0.469 e. The van der Waals surface area contributed by atoms with Crippen LogP contribution < -0.4 is 10.5 Å². The molecule has 11 nitrogen and oxygen atoms in total. The highest BCUT2D eigenvalue weighted by molar-refractivity contribution is 8.17. The molecular formula is C23H29N4O7PS. The minimum absolute atomic E-state index is 0.0194. The standard InChI is InChI=1S/C23H29N4O7PS/c1-4-33-20-8-5-18(6-9-20)7-10-22(29)36-21(11-12-34-35(30,31)32)16(2)27(15-28)14-19-13-25-17(3)26-23(19)24/h5-10,13,15H,4,11-12,14H2,1-3H3,(H2,24,25,26)(H2,30,31,32)/b10-7+,21-16-. The van der Waals surface area contributed by atoms with E-state index in [2.05, 4.69) is 14.5 Å². The van der Waals surface area contributed by atoms with Crippen molar-refractivity contribution in [2.24, 2.45) is 0 Å². The van der Waals surface area contributed by atoms with Gasteiger partial charge in [0.15, 0.2) is 0 Å². The number of aryl methyl sites for hydroxylation is 1. The lowest BCUT2D eigenvalue weighted by Crippen LogP contribution is -2.22. The predicted octanol–water partition coefficient (Wildman–Crippen LogP) is 3.43. The molecule has 0 aliphatic heterocycles. The van der Waals surface area contributed by atoms with Crippen LogP contribution in [0.25, 0.3) is 6.08 Å². The van der Waals surface area contributed by atoms with Crippen molar-refractivity contribution in [2.45, 2.75) is 33.7 Å². The third kappa shape index (κ3) is 9.92. The molecule has 194 valence electrons. The Morgan fingerprint density at radius 1 is 1.28 bits per heavy atom. The number of nitrogens with zero attached hydrogens (tertiary/aromatic N) is 3. The van der Waals surface area contributed by atoms with E-state index in [1.54, 1.807) is 44.2 Å². The zero-order valence-corrected chi connectivity index (χ0v) is 21.9. The third-order valence-electron chi connectivity index (χ3n) is 4.74. The van der Waals surface area contributed by atoms with E-state index in [0.29, 0.717) is 35.0 Å². The topological polar surface area (TPSA) is 165 Å². The Balaban J connectivity index is 2.23. The lowest BCUT2D eigenvalue weighted by atomic mass is 10.2. The summed E-state index contributed by atoms with van der Waals surface area (Å²) in [6, 6.07) is 7.19. The van der Waals surface area contributed by atoms with Crippen molar-refractivity contribution in [1.82, 2.24) is 14.9 Å². The molecule has 0 atom stereocenters. The van der Waals surface area contributed by atoms with Crippen LogP contribution in [-0.2, 0) is 25.2 Å². The summed E-state index contributed by atoms with van der Waals surface area (Å²) in [4.78, 5) is 52.5. The first kappa shape index (κ1) is 29.2. The van der Waals surface area contributed by atoms with Crippen molar-refractivity contribution >= 4 is 43.0 Å². The van der Waals surface area contributed by atoms with E-state index in [1.165, 1.54) is 17.2 Å². The zero-order chi connectivity index (χ0) is 26.7. The number of phosphoric acid groups is 1. The monoisotopic (exact) mass is 536 g/mol. The van der Waals surface area contributed by atoms with Gasteiger partial charge in [-0.2, -0.15) is 0 Å². The second-order valence-electron chi connectivity index (χ2n) is 7.40. The number of carbonyl (C=O) groups is 2. The summed E-state index contributed by atoms with van der Waals surface area (Å²) in [6.45, 7) is 5.42. The number of carbonyl (C=O) groups excluding carboxylic acids is 2. The van der Waals surface area contributed by atoms with Crippen molar-refractivity contribution in [3.05, 3.63) is 64.1 Å². The molecular weight excluding hydrogens is 507 g/mol. The number of ether oxygens (including phenoxy) is 1. The van der Waals surface area contributed by atoms with E-state index in [-0.39, 0.29) is 30.5 Å². The predicted molar refractivity (Wildman–Crippen MR) is 137 cm³/mol. The third-order valence-corrected chi connectivity index (χ3v) is 6.34. The molecule has 4 N–H and O–H groups in total. The minimum atomic E-state index is -4.70. The highest BCUT2D eigenvalue weighted by Gasteiger charge is 2.19. The molecule has 0 aliphatic carbocycles. The Morgan fingerprint density at radius 2 is 1.97 bits per heavy atom. The number of rotatable bonds is 13. The first-order valence-electron chi connectivity index (χ1n) is 10.8. The molecule has 0 aliphatic rings. The quantitative estimate of drug-likeness (QED) is 0.195. The maximum absolute atomic E-state index is 12.7. The highest BCUT2D eigenvalue weighted by atomic mass is 32.2. The van der Waals surface area contributed by atoms with Crippen molar-refractivity contribution in [3.8, 4) is 5.75 Å². The van der Waals surface area contributed by atoms with Crippen LogP contribution in [0.5, 0.6) is 5.75 Å².